The van der Waals surface area contributed by atoms with Gasteiger partial charge in [-0.25, -0.2) is 0 Å². The van der Waals surface area contributed by atoms with Crippen LogP contribution in [0.2, 0.25) is 0 Å². The van der Waals surface area contributed by atoms with Gasteiger partial charge in [0.2, 0.25) is 0 Å². The molecule has 1 aliphatic rings. The first kappa shape index (κ1) is 15.2. The number of rotatable bonds is 5. The fourth-order valence-electron chi connectivity index (χ4n) is 3.05. The van der Waals surface area contributed by atoms with Gasteiger partial charge in [-0.15, -0.1) is 0 Å². The molecule has 1 aromatic rings. The van der Waals surface area contributed by atoms with Crippen molar-refractivity contribution in [2.45, 2.75) is 57.9 Å². The summed E-state index contributed by atoms with van der Waals surface area (Å²) in [6, 6.07) is 6.58. The van der Waals surface area contributed by atoms with Crippen molar-refractivity contribution < 1.29 is 9.47 Å². The molecular weight excluding hydrogens is 250 g/mol. The van der Waals surface area contributed by atoms with E-state index in [4.69, 9.17) is 15.2 Å². The molecule has 3 nitrogen and oxygen atoms in total. The van der Waals surface area contributed by atoms with E-state index < -0.39 is 0 Å². The van der Waals surface area contributed by atoms with Crippen molar-refractivity contribution in [3.05, 3.63) is 23.8 Å². The van der Waals surface area contributed by atoms with E-state index in [2.05, 4.69) is 12.1 Å². The molecule has 1 aromatic carbocycles. The van der Waals surface area contributed by atoms with Crippen LogP contribution in [0.5, 0.6) is 11.5 Å². The molecule has 1 fully saturated rings. The lowest BCUT2D eigenvalue weighted by molar-refractivity contribution is 0.287. The minimum atomic E-state index is 0.268. The van der Waals surface area contributed by atoms with Crippen molar-refractivity contribution in [3.63, 3.8) is 0 Å². The smallest absolute Gasteiger partial charge is 0.161 e. The lowest BCUT2D eigenvalue weighted by Gasteiger charge is -2.23. The largest absolute Gasteiger partial charge is 0.490 e. The summed E-state index contributed by atoms with van der Waals surface area (Å²) >= 11 is 0. The van der Waals surface area contributed by atoms with Gasteiger partial charge in [0.1, 0.15) is 0 Å². The van der Waals surface area contributed by atoms with Gasteiger partial charge in [-0.2, -0.15) is 0 Å². The Morgan fingerprint density at radius 3 is 2.45 bits per heavy atom. The van der Waals surface area contributed by atoms with Crippen LogP contribution in [0.3, 0.4) is 0 Å². The number of hydrogen-bond donors (Lipinski definition) is 1. The fourth-order valence-corrected chi connectivity index (χ4v) is 3.05. The Bertz CT molecular complexity index is 419. The average Bonchev–Trinajstić information content (AvgIpc) is 2.66. The molecule has 3 heteroatoms. The Labute approximate surface area is 122 Å². The second-order valence-electron chi connectivity index (χ2n) is 5.48. The molecule has 2 rings (SSSR count). The quantitative estimate of drug-likeness (QED) is 0.831. The Balaban J connectivity index is 2.24. The van der Waals surface area contributed by atoms with Crippen LogP contribution in [-0.2, 0) is 0 Å². The number of ether oxygens (including phenoxy) is 2. The van der Waals surface area contributed by atoms with E-state index in [9.17, 15) is 0 Å². The SMILES string of the molecule is CCOc1ccc(C2CCCCCC2N)cc1OCC. The Kier molecular flexibility index (Phi) is 5.72. The zero-order valence-corrected chi connectivity index (χ0v) is 12.7. The van der Waals surface area contributed by atoms with E-state index in [1.54, 1.807) is 0 Å². The maximum absolute atomic E-state index is 6.36. The summed E-state index contributed by atoms with van der Waals surface area (Å²) in [5.74, 6) is 2.14. The molecule has 112 valence electrons. The first-order valence-corrected chi connectivity index (χ1v) is 7.91. The Morgan fingerprint density at radius 1 is 1.00 bits per heavy atom. The van der Waals surface area contributed by atoms with E-state index >= 15 is 0 Å². The van der Waals surface area contributed by atoms with Gasteiger partial charge in [0.15, 0.2) is 11.5 Å². The monoisotopic (exact) mass is 277 g/mol. The van der Waals surface area contributed by atoms with Crippen molar-refractivity contribution in [1.82, 2.24) is 0 Å². The molecule has 0 aliphatic heterocycles. The van der Waals surface area contributed by atoms with Gasteiger partial charge >= 0.3 is 0 Å². The second kappa shape index (κ2) is 7.53. The van der Waals surface area contributed by atoms with E-state index in [1.807, 2.05) is 19.9 Å². The third-order valence-electron chi connectivity index (χ3n) is 4.07. The summed E-state index contributed by atoms with van der Waals surface area (Å²) < 4.78 is 11.3. The highest BCUT2D eigenvalue weighted by atomic mass is 16.5. The minimum Gasteiger partial charge on any atom is -0.490 e. The second-order valence-corrected chi connectivity index (χ2v) is 5.48. The first-order chi connectivity index (χ1) is 9.76. The highest BCUT2D eigenvalue weighted by Crippen LogP contribution is 2.36. The molecular formula is C17H27NO2. The number of benzene rings is 1. The minimum absolute atomic E-state index is 0.268. The van der Waals surface area contributed by atoms with Crippen LogP contribution in [0.1, 0.15) is 57.4 Å². The summed E-state index contributed by atoms with van der Waals surface area (Å²) in [5.41, 5.74) is 7.66. The predicted octanol–water partition coefficient (Wildman–Crippen LogP) is 3.86. The molecule has 0 amide bonds. The highest BCUT2D eigenvalue weighted by molar-refractivity contribution is 5.44. The maximum atomic E-state index is 6.36. The van der Waals surface area contributed by atoms with E-state index in [1.165, 1.54) is 31.2 Å². The van der Waals surface area contributed by atoms with E-state index in [0.717, 1.165) is 17.9 Å². The Hall–Kier alpha value is -1.22. The molecule has 20 heavy (non-hydrogen) atoms. The van der Waals surface area contributed by atoms with Gasteiger partial charge in [-0.3, -0.25) is 0 Å². The summed E-state index contributed by atoms with van der Waals surface area (Å²) in [4.78, 5) is 0. The van der Waals surface area contributed by atoms with Crippen LogP contribution >= 0.6 is 0 Å². The molecule has 0 aromatic heterocycles. The zero-order chi connectivity index (χ0) is 14.4. The van der Waals surface area contributed by atoms with Crippen molar-refractivity contribution in [1.29, 1.82) is 0 Å². The van der Waals surface area contributed by atoms with Crippen LogP contribution in [0.25, 0.3) is 0 Å². The van der Waals surface area contributed by atoms with Gasteiger partial charge in [-0.1, -0.05) is 25.3 Å². The van der Waals surface area contributed by atoms with Gasteiger partial charge in [0.05, 0.1) is 13.2 Å². The third kappa shape index (κ3) is 3.66. The van der Waals surface area contributed by atoms with Crippen LogP contribution < -0.4 is 15.2 Å². The Morgan fingerprint density at radius 2 is 1.70 bits per heavy atom. The van der Waals surface area contributed by atoms with Crippen molar-refractivity contribution >= 4 is 0 Å². The molecule has 0 spiro atoms. The molecule has 0 radical (unpaired) electrons. The summed E-state index contributed by atoms with van der Waals surface area (Å²) in [6.07, 6.45) is 6.14. The molecule has 1 saturated carbocycles. The van der Waals surface area contributed by atoms with Crippen LogP contribution in [0, 0.1) is 0 Å². The fraction of sp³-hybridized carbons (Fsp3) is 0.647. The van der Waals surface area contributed by atoms with E-state index in [0.29, 0.717) is 19.1 Å². The number of nitrogens with two attached hydrogens (primary N) is 1. The van der Waals surface area contributed by atoms with Crippen molar-refractivity contribution in [2.24, 2.45) is 5.73 Å². The number of hydrogen-bond acceptors (Lipinski definition) is 3. The zero-order valence-electron chi connectivity index (χ0n) is 12.7. The lowest BCUT2D eigenvalue weighted by atomic mass is 9.88. The standard InChI is InChI=1S/C17H27NO2/c1-3-19-16-11-10-13(12-17(16)20-4-2)14-8-6-5-7-9-15(14)18/h10-12,14-15H,3-9,18H2,1-2H3. The van der Waals surface area contributed by atoms with Gasteiger partial charge in [-0.05, 0) is 50.3 Å². The summed E-state index contributed by atoms with van der Waals surface area (Å²) in [7, 11) is 0. The maximum Gasteiger partial charge on any atom is 0.161 e. The molecule has 2 atom stereocenters. The highest BCUT2D eigenvalue weighted by Gasteiger charge is 2.23. The normalized spacial score (nSPS) is 23.1. The van der Waals surface area contributed by atoms with Gasteiger partial charge in [0.25, 0.3) is 0 Å². The molecule has 0 saturated heterocycles. The van der Waals surface area contributed by atoms with Crippen molar-refractivity contribution in [2.75, 3.05) is 13.2 Å². The average molecular weight is 277 g/mol. The third-order valence-corrected chi connectivity index (χ3v) is 4.07. The molecule has 2 N–H and O–H groups in total. The molecule has 0 heterocycles. The van der Waals surface area contributed by atoms with Gasteiger partial charge in [0, 0.05) is 6.04 Å². The first-order valence-electron chi connectivity index (χ1n) is 7.91. The predicted molar refractivity (Wildman–Crippen MR) is 82.6 cm³/mol. The van der Waals surface area contributed by atoms with Crippen LogP contribution in [-0.4, -0.2) is 19.3 Å². The molecule has 1 aliphatic carbocycles. The summed E-state index contributed by atoms with van der Waals surface area (Å²) in [5, 5.41) is 0. The van der Waals surface area contributed by atoms with Crippen LogP contribution in [0.4, 0.5) is 0 Å². The van der Waals surface area contributed by atoms with Crippen LogP contribution in [0.15, 0.2) is 18.2 Å². The lowest BCUT2D eigenvalue weighted by Crippen LogP contribution is -2.27. The molecule has 2 unspecified atom stereocenters. The van der Waals surface area contributed by atoms with Crippen molar-refractivity contribution in [3.8, 4) is 11.5 Å². The van der Waals surface area contributed by atoms with Gasteiger partial charge < -0.3 is 15.2 Å². The summed E-state index contributed by atoms with van der Waals surface area (Å²) in [6.45, 7) is 5.30. The topological polar surface area (TPSA) is 44.5 Å². The van der Waals surface area contributed by atoms with E-state index in [-0.39, 0.29) is 6.04 Å². The molecule has 0 bridgehead atoms.